The Bertz CT molecular complexity index is 610. The van der Waals surface area contributed by atoms with Crippen LogP contribution in [0.2, 0.25) is 0 Å². The molecule has 0 saturated carbocycles. The average molecular weight is 385 g/mol. The van der Waals surface area contributed by atoms with Crippen LogP contribution in [0, 0.1) is 5.92 Å². The summed E-state index contributed by atoms with van der Waals surface area (Å²) in [5.41, 5.74) is 1.18. The maximum absolute atomic E-state index is 12.2. The number of likely N-dealkylation sites (N-methyl/N-ethyl adjacent to an activating group) is 1. The van der Waals surface area contributed by atoms with Gasteiger partial charge >= 0.3 is 0 Å². The third-order valence-corrected chi connectivity index (χ3v) is 7.08. The van der Waals surface area contributed by atoms with E-state index in [1.54, 1.807) is 11.3 Å². The normalized spacial score (nSPS) is 21.4. The molecule has 1 aromatic heterocycles. The standard InChI is InChI=1S/C16H24N4OS3/c1-11-3-4-12-13(9-11)24-15(17-12)18-14(21)10-23-16(22)20-7-5-19(2)6-8-20/h11H,3-10H2,1-2H3,(H,17,18,21)/t11-/m1/s1. The number of aromatic nitrogens is 1. The van der Waals surface area contributed by atoms with Gasteiger partial charge in [0.2, 0.25) is 5.91 Å². The topological polar surface area (TPSA) is 48.5 Å². The molecule has 0 radical (unpaired) electrons. The molecule has 0 unspecified atom stereocenters. The van der Waals surface area contributed by atoms with Crippen LogP contribution in [0.4, 0.5) is 5.13 Å². The van der Waals surface area contributed by atoms with Crippen molar-refractivity contribution in [3.05, 3.63) is 10.6 Å². The number of thioether (sulfide) groups is 1. The van der Waals surface area contributed by atoms with Gasteiger partial charge in [-0.25, -0.2) is 4.98 Å². The van der Waals surface area contributed by atoms with Gasteiger partial charge in [0.05, 0.1) is 11.4 Å². The van der Waals surface area contributed by atoms with Crippen molar-refractivity contribution in [2.24, 2.45) is 5.92 Å². The molecule has 1 aromatic rings. The number of nitrogens with one attached hydrogen (secondary N) is 1. The molecule has 0 spiro atoms. The van der Waals surface area contributed by atoms with Crippen molar-refractivity contribution in [2.45, 2.75) is 26.2 Å². The van der Waals surface area contributed by atoms with Gasteiger partial charge in [-0.05, 0) is 32.2 Å². The molecule has 24 heavy (non-hydrogen) atoms. The van der Waals surface area contributed by atoms with Crippen molar-refractivity contribution in [3.8, 4) is 0 Å². The van der Waals surface area contributed by atoms with E-state index in [1.165, 1.54) is 28.8 Å². The smallest absolute Gasteiger partial charge is 0.236 e. The van der Waals surface area contributed by atoms with Gasteiger partial charge in [0.25, 0.3) is 0 Å². The molecule has 1 amide bonds. The summed E-state index contributed by atoms with van der Waals surface area (Å²) in [6.07, 6.45) is 3.31. The Labute approximate surface area is 157 Å². The number of amides is 1. The minimum absolute atomic E-state index is 0.0179. The largest absolute Gasteiger partial charge is 0.355 e. The Balaban J connectivity index is 1.45. The van der Waals surface area contributed by atoms with E-state index in [0.717, 1.165) is 54.4 Å². The number of nitrogens with zero attached hydrogens (tertiary/aromatic N) is 3. The van der Waals surface area contributed by atoms with Crippen molar-refractivity contribution in [1.82, 2.24) is 14.8 Å². The third kappa shape index (κ3) is 4.68. The molecule has 3 rings (SSSR count). The first-order chi connectivity index (χ1) is 11.5. The number of carbonyl (C=O) groups excluding carboxylic acids is 1. The van der Waals surface area contributed by atoms with E-state index in [4.69, 9.17) is 12.2 Å². The number of piperazine rings is 1. The highest BCUT2D eigenvalue weighted by molar-refractivity contribution is 8.23. The fourth-order valence-electron chi connectivity index (χ4n) is 2.96. The van der Waals surface area contributed by atoms with Crippen LogP contribution in [0.1, 0.15) is 23.9 Å². The summed E-state index contributed by atoms with van der Waals surface area (Å²) in [5, 5.41) is 3.68. The van der Waals surface area contributed by atoms with Gasteiger partial charge in [0.15, 0.2) is 5.13 Å². The van der Waals surface area contributed by atoms with Crippen molar-refractivity contribution in [2.75, 3.05) is 44.3 Å². The van der Waals surface area contributed by atoms with Gasteiger partial charge in [0, 0.05) is 31.1 Å². The highest BCUT2D eigenvalue weighted by atomic mass is 32.2. The molecule has 2 aliphatic rings. The Kier molecular flexibility index (Phi) is 6.12. The number of aryl methyl sites for hydroxylation is 1. The van der Waals surface area contributed by atoms with Crippen molar-refractivity contribution in [1.29, 1.82) is 0 Å². The second-order valence-electron chi connectivity index (χ2n) is 6.63. The molecule has 1 aliphatic carbocycles. The van der Waals surface area contributed by atoms with Crippen molar-refractivity contribution >= 4 is 50.7 Å². The van der Waals surface area contributed by atoms with Gasteiger partial charge in [0.1, 0.15) is 4.32 Å². The van der Waals surface area contributed by atoms with Crippen LogP contribution < -0.4 is 5.32 Å². The molecular formula is C16H24N4OS3. The third-order valence-electron chi connectivity index (χ3n) is 4.52. The minimum Gasteiger partial charge on any atom is -0.355 e. The van der Waals surface area contributed by atoms with E-state index in [-0.39, 0.29) is 5.91 Å². The SMILES string of the molecule is C[C@@H]1CCc2nc(NC(=O)CSC(=S)N3CCN(C)CC3)sc2C1. The summed E-state index contributed by atoms with van der Waals surface area (Å²) in [7, 11) is 2.12. The minimum atomic E-state index is -0.0179. The molecule has 2 heterocycles. The monoisotopic (exact) mass is 384 g/mol. The van der Waals surface area contributed by atoms with E-state index in [1.807, 2.05) is 0 Å². The van der Waals surface area contributed by atoms with E-state index in [2.05, 4.69) is 34.1 Å². The van der Waals surface area contributed by atoms with Gasteiger partial charge in [-0.2, -0.15) is 0 Å². The molecule has 5 nitrogen and oxygen atoms in total. The predicted octanol–water partition coefficient (Wildman–Crippen LogP) is 2.47. The summed E-state index contributed by atoms with van der Waals surface area (Å²) in [6, 6.07) is 0. The number of fused-ring (bicyclic) bond motifs is 1. The fourth-order valence-corrected chi connectivity index (χ4v) is 5.19. The highest BCUT2D eigenvalue weighted by Gasteiger charge is 2.21. The van der Waals surface area contributed by atoms with Crippen LogP contribution in [-0.4, -0.2) is 64.0 Å². The zero-order valence-electron chi connectivity index (χ0n) is 14.2. The van der Waals surface area contributed by atoms with Crippen molar-refractivity contribution in [3.63, 3.8) is 0 Å². The van der Waals surface area contributed by atoms with Gasteiger partial charge in [-0.3, -0.25) is 4.79 Å². The van der Waals surface area contributed by atoms with E-state index < -0.39 is 0 Å². The molecule has 132 valence electrons. The Morgan fingerprint density at radius 2 is 2.17 bits per heavy atom. The predicted molar refractivity (Wildman–Crippen MR) is 106 cm³/mol. The van der Waals surface area contributed by atoms with E-state index in [0.29, 0.717) is 5.75 Å². The molecule has 1 aliphatic heterocycles. The molecular weight excluding hydrogens is 360 g/mol. The van der Waals surface area contributed by atoms with Crippen LogP contribution in [0.3, 0.4) is 0 Å². The number of thiocarbonyl (C=S) groups is 1. The molecule has 1 N–H and O–H groups in total. The number of thiazole rings is 1. The fraction of sp³-hybridized carbons (Fsp3) is 0.688. The number of carbonyl (C=O) groups is 1. The van der Waals surface area contributed by atoms with Crippen molar-refractivity contribution < 1.29 is 4.79 Å². The second-order valence-corrected chi connectivity index (χ2v) is 9.32. The second kappa shape index (κ2) is 8.12. The van der Waals surface area contributed by atoms with Crippen LogP contribution in [0.15, 0.2) is 0 Å². The first kappa shape index (κ1) is 18.1. The summed E-state index contributed by atoms with van der Waals surface area (Å²) in [6.45, 7) is 6.21. The van der Waals surface area contributed by atoms with Gasteiger partial charge in [-0.15, -0.1) is 11.3 Å². The summed E-state index contributed by atoms with van der Waals surface area (Å²) in [4.78, 5) is 22.6. The lowest BCUT2D eigenvalue weighted by Gasteiger charge is -2.33. The van der Waals surface area contributed by atoms with E-state index >= 15 is 0 Å². The molecule has 1 fully saturated rings. The summed E-state index contributed by atoms with van der Waals surface area (Å²) < 4.78 is 0.825. The molecule has 1 atom stereocenters. The summed E-state index contributed by atoms with van der Waals surface area (Å²) >= 11 is 8.54. The Hall–Kier alpha value is -0.700. The number of rotatable bonds is 3. The van der Waals surface area contributed by atoms with Crippen LogP contribution in [0.25, 0.3) is 0 Å². The Morgan fingerprint density at radius 1 is 1.42 bits per heavy atom. The van der Waals surface area contributed by atoms with Gasteiger partial charge in [-0.1, -0.05) is 30.9 Å². The zero-order chi connectivity index (χ0) is 17.1. The van der Waals surface area contributed by atoms with Gasteiger partial charge < -0.3 is 15.1 Å². The van der Waals surface area contributed by atoms with Crippen LogP contribution in [-0.2, 0) is 17.6 Å². The highest BCUT2D eigenvalue weighted by Crippen LogP contribution is 2.32. The number of hydrogen-bond donors (Lipinski definition) is 1. The lowest BCUT2D eigenvalue weighted by atomic mass is 9.93. The van der Waals surface area contributed by atoms with E-state index in [9.17, 15) is 4.79 Å². The van der Waals surface area contributed by atoms with Crippen LogP contribution >= 0.6 is 35.3 Å². The number of anilines is 1. The first-order valence-corrected chi connectivity index (χ1v) is 10.6. The zero-order valence-corrected chi connectivity index (χ0v) is 16.7. The molecule has 0 aromatic carbocycles. The Morgan fingerprint density at radius 3 is 2.92 bits per heavy atom. The lowest BCUT2D eigenvalue weighted by Crippen LogP contribution is -2.46. The maximum Gasteiger partial charge on any atom is 0.236 e. The molecule has 1 saturated heterocycles. The quantitative estimate of drug-likeness (QED) is 0.808. The first-order valence-electron chi connectivity index (χ1n) is 8.40. The maximum atomic E-state index is 12.2. The van der Waals surface area contributed by atoms with Crippen LogP contribution in [0.5, 0.6) is 0 Å². The molecule has 8 heteroatoms. The number of hydrogen-bond acceptors (Lipinski definition) is 6. The summed E-state index contributed by atoms with van der Waals surface area (Å²) in [5.74, 6) is 1.06. The average Bonchev–Trinajstić information content (AvgIpc) is 2.94. The lowest BCUT2D eigenvalue weighted by molar-refractivity contribution is -0.113. The molecule has 0 bridgehead atoms.